The first-order valence-corrected chi connectivity index (χ1v) is 8.88. The number of nitrogens with zero attached hydrogens (tertiary/aromatic N) is 4. The van der Waals surface area contributed by atoms with Gasteiger partial charge in [0.15, 0.2) is 5.65 Å². The van der Waals surface area contributed by atoms with Crippen LogP contribution in [0.25, 0.3) is 16.9 Å². The third-order valence-corrected chi connectivity index (χ3v) is 4.42. The Hall–Kier alpha value is -3.54. The summed E-state index contributed by atoms with van der Waals surface area (Å²) in [6, 6.07) is 21.7. The fourth-order valence-corrected chi connectivity index (χ4v) is 2.85. The average molecular weight is 357 g/mol. The SMILES string of the molecule is CCc1ccc(CNC(=O)c2nnc3ccc(-c4ccccc4)nn23)cc1. The highest BCUT2D eigenvalue weighted by Crippen LogP contribution is 2.16. The lowest BCUT2D eigenvalue weighted by Gasteiger charge is -2.06. The van der Waals surface area contributed by atoms with Crippen molar-refractivity contribution in [3.8, 4) is 11.3 Å². The molecule has 0 aliphatic heterocycles. The van der Waals surface area contributed by atoms with Crippen molar-refractivity contribution in [2.24, 2.45) is 0 Å². The highest BCUT2D eigenvalue weighted by Gasteiger charge is 2.16. The Morgan fingerprint density at radius 3 is 2.41 bits per heavy atom. The van der Waals surface area contributed by atoms with Gasteiger partial charge in [0, 0.05) is 12.1 Å². The lowest BCUT2D eigenvalue weighted by atomic mass is 10.1. The first kappa shape index (κ1) is 16.9. The molecule has 27 heavy (non-hydrogen) atoms. The molecule has 0 radical (unpaired) electrons. The number of hydrogen-bond acceptors (Lipinski definition) is 4. The van der Waals surface area contributed by atoms with E-state index in [1.807, 2.05) is 54.6 Å². The minimum atomic E-state index is -0.306. The Morgan fingerprint density at radius 1 is 0.926 bits per heavy atom. The summed E-state index contributed by atoms with van der Waals surface area (Å²) in [6.45, 7) is 2.54. The van der Waals surface area contributed by atoms with Crippen molar-refractivity contribution in [2.45, 2.75) is 19.9 Å². The summed E-state index contributed by atoms with van der Waals surface area (Å²) in [7, 11) is 0. The van der Waals surface area contributed by atoms with Crippen molar-refractivity contribution < 1.29 is 4.79 Å². The number of benzene rings is 2. The van der Waals surface area contributed by atoms with Crippen LogP contribution < -0.4 is 5.32 Å². The summed E-state index contributed by atoms with van der Waals surface area (Å²) in [5.41, 5.74) is 4.56. The van der Waals surface area contributed by atoms with Crippen LogP contribution in [0.4, 0.5) is 0 Å². The summed E-state index contributed by atoms with van der Waals surface area (Å²) in [5, 5.41) is 15.5. The number of fused-ring (bicyclic) bond motifs is 1. The van der Waals surface area contributed by atoms with Gasteiger partial charge in [-0.15, -0.1) is 10.2 Å². The smallest absolute Gasteiger partial charge is 0.291 e. The second kappa shape index (κ2) is 7.37. The molecule has 0 aliphatic carbocycles. The van der Waals surface area contributed by atoms with Crippen molar-refractivity contribution in [2.75, 3.05) is 0 Å². The monoisotopic (exact) mass is 357 g/mol. The molecule has 6 heteroatoms. The Morgan fingerprint density at radius 2 is 1.67 bits per heavy atom. The highest BCUT2D eigenvalue weighted by atomic mass is 16.2. The van der Waals surface area contributed by atoms with E-state index in [4.69, 9.17) is 0 Å². The third-order valence-electron chi connectivity index (χ3n) is 4.42. The molecule has 0 saturated carbocycles. The molecule has 0 aliphatic rings. The number of nitrogens with one attached hydrogen (secondary N) is 1. The highest BCUT2D eigenvalue weighted by molar-refractivity contribution is 5.91. The van der Waals surface area contributed by atoms with Gasteiger partial charge in [0.2, 0.25) is 5.82 Å². The summed E-state index contributed by atoms with van der Waals surface area (Å²) in [6.07, 6.45) is 0.994. The van der Waals surface area contributed by atoms with Crippen molar-refractivity contribution >= 4 is 11.6 Å². The fraction of sp³-hybridized carbons (Fsp3) is 0.143. The zero-order chi connectivity index (χ0) is 18.6. The summed E-state index contributed by atoms with van der Waals surface area (Å²) in [4.78, 5) is 12.6. The minimum Gasteiger partial charge on any atom is -0.345 e. The van der Waals surface area contributed by atoms with Crippen LogP contribution in [-0.2, 0) is 13.0 Å². The van der Waals surface area contributed by atoms with E-state index in [0.717, 1.165) is 23.2 Å². The molecule has 6 nitrogen and oxygen atoms in total. The Kier molecular flexibility index (Phi) is 4.61. The number of hydrogen-bond donors (Lipinski definition) is 1. The lowest BCUT2D eigenvalue weighted by molar-refractivity contribution is 0.0938. The van der Waals surface area contributed by atoms with Gasteiger partial charge in [0.05, 0.1) is 5.69 Å². The van der Waals surface area contributed by atoms with Crippen LogP contribution in [0, 0.1) is 0 Å². The average Bonchev–Trinajstić information content (AvgIpc) is 3.16. The topological polar surface area (TPSA) is 72.2 Å². The molecule has 2 heterocycles. The molecular formula is C21H19N5O. The number of amides is 1. The third kappa shape index (κ3) is 3.55. The number of aromatic nitrogens is 4. The molecule has 4 rings (SSSR count). The van der Waals surface area contributed by atoms with Gasteiger partial charge >= 0.3 is 0 Å². The maximum atomic E-state index is 12.6. The standard InChI is InChI=1S/C21H19N5O/c1-2-15-8-10-16(11-9-15)14-22-21(27)20-24-23-19-13-12-18(25-26(19)20)17-6-4-3-5-7-17/h3-13H,2,14H2,1H3,(H,22,27). The van der Waals surface area contributed by atoms with Gasteiger partial charge in [0.1, 0.15) is 0 Å². The van der Waals surface area contributed by atoms with E-state index in [1.165, 1.54) is 10.1 Å². The van der Waals surface area contributed by atoms with Gasteiger partial charge in [-0.05, 0) is 29.7 Å². The van der Waals surface area contributed by atoms with Crippen LogP contribution in [0.1, 0.15) is 28.7 Å². The van der Waals surface area contributed by atoms with Crippen LogP contribution in [-0.4, -0.2) is 25.7 Å². The maximum Gasteiger partial charge on any atom is 0.291 e. The number of carbonyl (C=O) groups is 1. The predicted octanol–water partition coefficient (Wildman–Crippen LogP) is 3.28. The fourth-order valence-electron chi connectivity index (χ4n) is 2.85. The van der Waals surface area contributed by atoms with E-state index in [0.29, 0.717) is 12.2 Å². The van der Waals surface area contributed by atoms with E-state index in [2.05, 4.69) is 39.7 Å². The van der Waals surface area contributed by atoms with E-state index in [9.17, 15) is 4.79 Å². The Balaban J connectivity index is 1.56. The van der Waals surface area contributed by atoms with E-state index >= 15 is 0 Å². The van der Waals surface area contributed by atoms with Crippen molar-refractivity contribution in [3.63, 3.8) is 0 Å². The zero-order valence-electron chi connectivity index (χ0n) is 15.0. The second-order valence-corrected chi connectivity index (χ2v) is 6.23. The molecule has 1 amide bonds. The van der Waals surface area contributed by atoms with Gasteiger partial charge < -0.3 is 5.32 Å². The molecule has 4 aromatic rings. The van der Waals surface area contributed by atoms with Crippen LogP contribution in [0.15, 0.2) is 66.7 Å². The molecule has 0 spiro atoms. The van der Waals surface area contributed by atoms with Crippen molar-refractivity contribution in [1.82, 2.24) is 25.1 Å². The van der Waals surface area contributed by atoms with Gasteiger partial charge in [-0.2, -0.15) is 9.61 Å². The van der Waals surface area contributed by atoms with Gasteiger partial charge in [-0.1, -0.05) is 61.5 Å². The van der Waals surface area contributed by atoms with Crippen LogP contribution in [0.3, 0.4) is 0 Å². The summed E-state index contributed by atoms with van der Waals surface area (Å²) < 4.78 is 1.48. The first-order valence-electron chi connectivity index (χ1n) is 8.88. The van der Waals surface area contributed by atoms with Crippen LogP contribution >= 0.6 is 0 Å². The predicted molar refractivity (Wildman–Crippen MR) is 103 cm³/mol. The minimum absolute atomic E-state index is 0.174. The molecule has 0 fully saturated rings. The number of rotatable bonds is 5. The number of carbonyl (C=O) groups excluding carboxylic acids is 1. The Labute approximate surface area is 156 Å². The normalized spacial score (nSPS) is 10.9. The summed E-state index contributed by atoms with van der Waals surface area (Å²) >= 11 is 0. The number of aryl methyl sites for hydroxylation is 1. The molecule has 0 bridgehead atoms. The van der Waals surface area contributed by atoms with E-state index in [1.54, 1.807) is 0 Å². The molecule has 134 valence electrons. The Bertz CT molecular complexity index is 1070. The van der Waals surface area contributed by atoms with Gasteiger partial charge in [-0.25, -0.2) is 0 Å². The van der Waals surface area contributed by atoms with Gasteiger partial charge in [0.25, 0.3) is 5.91 Å². The second-order valence-electron chi connectivity index (χ2n) is 6.23. The molecule has 2 aromatic carbocycles. The quantitative estimate of drug-likeness (QED) is 0.595. The largest absolute Gasteiger partial charge is 0.345 e. The molecule has 0 unspecified atom stereocenters. The maximum absolute atomic E-state index is 12.6. The molecule has 0 saturated heterocycles. The molecule has 0 atom stereocenters. The molecular weight excluding hydrogens is 338 g/mol. The lowest BCUT2D eigenvalue weighted by Crippen LogP contribution is -2.25. The summed E-state index contributed by atoms with van der Waals surface area (Å²) in [5.74, 6) is -0.132. The molecule has 1 N–H and O–H groups in total. The van der Waals surface area contributed by atoms with Crippen molar-refractivity contribution in [1.29, 1.82) is 0 Å². The van der Waals surface area contributed by atoms with Gasteiger partial charge in [-0.3, -0.25) is 4.79 Å². The van der Waals surface area contributed by atoms with Crippen LogP contribution in [0.2, 0.25) is 0 Å². The zero-order valence-corrected chi connectivity index (χ0v) is 15.0. The van der Waals surface area contributed by atoms with Crippen molar-refractivity contribution in [3.05, 3.63) is 83.7 Å². The first-order chi connectivity index (χ1) is 13.2. The van der Waals surface area contributed by atoms with E-state index in [-0.39, 0.29) is 11.7 Å². The van der Waals surface area contributed by atoms with E-state index < -0.39 is 0 Å². The molecule has 2 aromatic heterocycles. The van der Waals surface area contributed by atoms with Crippen LogP contribution in [0.5, 0.6) is 0 Å².